The quantitative estimate of drug-likeness (QED) is 0.453. The van der Waals surface area contributed by atoms with Crippen molar-refractivity contribution in [2.75, 3.05) is 43.2 Å². The molecule has 1 saturated carbocycles. The summed E-state index contributed by atoms with van der Waals surface area (Å²) in [5.41, 5.74) is 0.483. The fraction of sp³-hybridized carbons (Fsp3) is 0.690. The molecule has 0 spiro atoms. The fourth-order valence-electron chi connectivity index (χ4n) is 5.18. The number of nitrogens with zero attached hydrogens (tertiary/aromatic N) is 2. The van der Waals surface area contributed by atoms with Crippen LogP contribution in [0.15, 0.2) is 18.2 Å². The first-order valence-corrected chi connectivity index (χ1v) is 14.0. The highest BCUT2D eigenvalue weighted by Crippen LogP contribution is 2.43. The number of amides is 3. The summed E-state index contributed by atoms with van der Waals surface area (Å²) in [6.07, 6.45) is 3.10. The van der Waals surface area contributed by atoms with Crippen LogP contribution in [0.25, 0.3) is 0 Å². The van der Waals surface area contributed by atoms with Crippen molar-refractivity contribution in [3.8, 4) is 5.75 Å². The fourth-order valence-corrected chi connectivity index (χ4v) is 5.18. The molecule has 9 nitrogen and oxygen atoms in total. The first-order valence-electron chi connectivity index (χ1n) is 14.0. The van der Waals surface area contributed by atoms with E-state index in [0.29, 0.717) is 56.4 Å². The number of ether oxygens (including phenoxy) is 2. The van der Waals surface area contributed by atoms with E-state index in [-0.39, 0.29) is 41.6 Å². The summed E-state index contributed by atoms with van der Waals surface area (Å²) >= 11 is 0. The van der Waals surface area contributed by atoms with Crippen molar-refractivity contribution in [3.05, 3.63) is 18.2 Å². The van der Waals surface area contributed by atoms with Crippen LogP contribution < -0.4 is 25.2 Å². The van der Waals surface area contributed by atoms with Gasteiger partial charge in [0.2, 0.25) is 11.8 Å². The van der Waals surface area contributed by atoms with Crippen LogP contribution in [0.1, 0.15) is 60.3 Å². The Hall–Kier alpha value is -2.65. The molecular weight excluding hydrogens is 484 g/mol. The molecule has 2 fully saturated rings. The molecular formula is C29H44N4O5. The molecule has 2 heterocycles. The van der Waals surface area contributed by atoms with Gasteiger partial charge in [-0.2, -0.15) is 0 Å². The minimum Gasteiger partial charge on any atom is -0.476 e. The Labute approximate surface area is 226 Å². The smallest absolute Gasteiger partial charge is 0.270 e. The van der Waals surface area contributed by atoms with E-state index in [2.05, 4.69) is 24.5 Å². The molecule has 1 aromatic rings. The Kier molecular flexibility index (Phi) is 8.67. The lowest BCUT2D eigenvalue weighted by atomic mass is 9.88. The van der Waals surface area contributed by atoms with Crippen LogP contribution in [-0.2, 0) is 19.1 Å². The monoisotopic (exact) mass is 528 g/mol. The van der Waals surface area contributed by atoms with Crippen LogP contribution in [0.4, 0.5) is 11.4 Å². The highest BCUT2D eigenvalue weighted by Gasteiger charge is 2.43. The lowest BCUT2D eigenvalue weighted by Gasteiger charge is -2.40. The lowest BCUT2D eigenvalue weighted by molar-refractivity contribution is -0.132. The van der Waals surface area contributed by atoms with Crippen molar-refractivity contribution in [2.45, 2.75) is 78.0 Å². The van der Waals surface area contributed by atoms with Gasteiger partial charge in [0.1, 0.15) is 5.75 Å². The summed E-state index contributed by atoms with van der Waals surface area (Å²) in [5, 5.41) is 6.43. The first kappa shape index (κ1) is 28.4. The summed E-state index contributed by atoms with van der Waals surface area (Å²) in [4.78, 5) is 43.8. The van der Waals surface area contributed by atoms with Crippen molar-refractivity contribution < 1.29 is 23.9 Å². The van der Waals surface area contributed by atoms with Crippen LogP contribution in [0.2, 0.25) is 0 Å². The SMILES string of the molecule is COCCCN1C(=O)C(C)(C)Oc2ccc(N(C(=O)[C@H]3CNC[C@@H](C(=O)NC(C)C(C)C)C3)C3CC3)cc21. The number of carbonyl (C=O) groups excluding carboxylic acids is 3. The highest BCUT2D eigenvalue weighted by molar-refractivity contribution is 6.04. The maximum Gasteiger partial charge on any atom is 0.270 e. The summed E-state index contributed by atoms with van der Waals surface area (Å²) in [6.45, 7) is 11.9. The second kappa shape index (κ2) is 11.6. The van der Waals surface area contributed by atoms with E-state index in [9.17, 15) is 14.4 Å². The molecule has 1 unspecified atom stereocenters. The van der Waals surface area contributed by atoms with Crippen molar-refractivity contribution in [3.63, 3.8) is 0 Å². The maximum absolute atomic E-state index is 13.9. The average Bonchev–Trinajstić information content (AvgIpc) is 3.71. The van der Waals surface area contributed by atoms with Gasteiger partial charge in [-0.25, -0.2) is 0 Å². The molecule has 0 bridgehead atoms. The van der Waals surface area contributed by atoms with Gasteiger partial charge in [-0.1, -0.05) is 13.8 Å². The van der Waals surface area contributed by atoms with E-state index >= 15 is 0 Å². The third kappa shape index (κ3) is 6.15. The van der Waals surface area contributed by atoms with Gasteiger partial charge in [-0.15, -0.1) is 0 Å². The molecule has 3 aliphatic rings. The Morgan fingerprint density at radius 2 is 1.92 bits per heavy atom. The Balaban J connectivity index is 1.55. The summed E-state index contributed by atoms with van der Waals surface area (Å²) in [6, 6.07) is 5.91. The number of benzene rings is 1. The van der Waals surface area contributed by atoms with E-state index in [1.807, 2.05) is 30.0 Å². The van der Waals surface area contributed by atoms with E-state index in [0.717, 1.165) is 18.5 Å². The zero-order valence-corrected chi connectivity index (χ0v) is 23.7. The summed E-state index contributed by atoms with van der Waals surface area (Å²) < 4.78 is 11.3. The molecule has 3 amide bonds. The van der Waals surface area contributed by atoms with Gasteiger partial charge in [-0.05, 0) is 70.6 Å². The number of fused-ring (bicyclic) bond motifs is 1. The zero-order valence-electron chi connectivity index (χ0n) is 23.7. The third-order valence-corrected chi connectivity index (χ3v) is 7.96. The molecule has 210 valence electrons. The Bertz CT molecular complexity index is 1040. The van der Waals surface area contributed by atoms with Crippen molar-refractivity contribution in [1.29, 1.82) is 0 Å². The number of piperidine rings is 1. The number of nitrogens with one attached hydrogen (secondary N) is 2. The first-order chi connectivity index (χ1) is 18.0. The van der Waals surface area contributed by atoms with Crippen LogP contribution in [0.3, 0.4) is 0 Å². The third-order valence-electron chi connectivity index (χ3n) is 7.96. The van der Waals surface area contributed by atoms with Crippen molar-refractivity contribution in [1.82, 2.24) is 10.6 Å². The van der Waals surface area contributed by atoms with Gasteiger partial charge >= 0.3 is 0 Å². The molecule has 2 N–H and O–H groups in total. The number of rotatable bonds is 10. The van der Waals surface area contributed by atoms with Gasteiger partial charge in [0.25, 0.3) is 5.91 Å². The highest BCUT2D eigenvalue weighted by atomic mass is 16.5. The van der Waals surface area contributed by atoms with Crippen LogP contribution >= 0.6 is 0 Å². The van der Waals surface area contributed by atoms with Gasteiger partial charge < -0.3 is 29.9 Å². The number of anilines is 2. The molecule has 1 aliphatic carbocycles. The van der Waals surface area contributed by atoms with Gasteiger partial charge in [0.05, 0.1) is 17.5 Å². The van der Waals surface area contributed by atoms with Crippen molar-refractivity contribution in [2.24, 2.45) is 17.8 Å². The van der Waals surface area contributed by atoms with Gasteiger partial charge in [0.15, 0.2) is 5.60 Å². The number of hydrogen-bond donors (Lipinski definition) is 2. The molecule has 9 heteroatoms. The van der Waals surface area contributed by atoms with Crippen LogP contribution in [-0.4, -0.2) is 68.8 Å². The van der Waals surface area contributed by atoms with Crippen molar-refractivity contribution >= 4 is 29.1 Å². The van der Waals surface area contributed by atoms with E-state index in [1.165, 1.54) is 0 Å². The molecule has 3 atom stereocenters. The van der Waals surface area contributed by atoms with Gasteiger partial charge in [-0.3, -0.25) is 14.4 Å². The number of methoxy groups -OCH3 is 1. The summed E-state index contributed by atoms with van der Waals surface area (Å²) in [7, 11) is 1.65. The van der Waals surface area contributed by atoms with Gasteiger partial charge in [0, 0.05) is 51.1 Å². The Morgan fingerprint density at radius 3 is 2.58 bits per heavy atom. The normalized spacial score (nSPS) is 23.4. The average molecular weight is 529 g/mol. The van der Waals surface area contributed by atoms with Crippen LogP contribution in [0, 0.1) is 17.8 Å². The second-order valence-corrected chi connectivity index (χ2v) is 11.8. The minimum atomic E-state index is -0.968. The molecule has 1 aromatic carbocycles. The van der Waals surface area contributed by atoms with E-state index in [4.69, 9.17) is 9.47 Å². The molecule has 38 heavy (non-hydrogen) atoms. The number of hydrogen-bond acceptors (Lipinski definition) is 6. The maximum atomic E-state index is 13.9. The van der Waals surface area contributed by atoms with E-state index < -0.39 is 5.60 Å². The summed E-state index contributed by atoms with van der Waals surface area (Å²) in [5.74, 6) is 0.375. The number of carbonyl (C=O) groups is 3. The largest absolute Gasteiger partial charge is 0.476 e. The lowest BCUT2D eigenvalue weighted by Crippen LogP contribution is -2.53. The molecule has 2 aliphatic heterocycles. The Morgan fingerprint density at radius 1 is 1.21 bits per heavy atom. The second-order valence-electron chi connectivity index (χ2n) is 11.8. The minimum absolute atomic E-state index is 0.00734. The van der Waals surface area contributed by atoms with E-state index in [1.54, 1.807) is 25.9 Å². The predicted octanol–water partition coefficient (Wildman–Crippen LogP) is 3.11. The molecule has 0 radical (unpaired) electrons. The predicted molar refractivity (Wildman–Crippen MR) is 147 cm³/mol. The standard InChI is InChI=1S/C29H44N4O5/c1-18(2)19(3)31-26(34)20-14-21(17-30-16-20)27(35)33(22-8-9-22)23-10-11-25-24(15-23)32(12-7-13-37-6)28(36)29(4,5)38-25/h10-11,15,18-22,30H,7-9,12-14,16-17H2,1-6H3,(H,31,34)/t19?,20-,21+/m0/s1. The molecule has 0 aromatic heterocycles. The molecule has 1 saturated heterocycles. The zero-order chi connectivity index (χ0) is 27.6. The molecule has 4 rings (SSSR count). The topological polar surface area (TPSA) is 100 Å². The van der Waals surface area contributed by atoms with Crippen LogP contribution in [0.5, 0.6) is 5.75 Å².